The Balaban J connectivity index is 2.08. The minimum absolute atomic E-state index is 0.321. The Morgan fingerprint density at radius 1 is 1.05 bits per heavy atom. The molecule has 1 aliphatic rings. The smallest absolute Gasteiger partial charge is 0.127 e. The van der Waals surface area contributed by atoms with Gasteiger partial charge in [0.15, 0.2) is 0 Å². The van der Waals surface area contributed by atoms with Crippen molar-refractivity contribution in [2.45, 2.75) is 18.7 Å². The summed E-state index contributed by atoms with van der Waals surface area (Å²) in [6, 6.07) is 9.65. The highest BCUT2D eigenvalue weighted by Gasteiger charge is 2.23. The van der Waals surface area contributed by atoms with Crippen LogP contribution in [-0.2, 0) is 6.42 Å². The van der Waals surface area contributed by atoms with E-state index in [9.17, 15) is 0 Å². The van der Waals surface area contributed by atoms with Crippen LogP contribution in [0.4, 0.5) is 0 Å². The van der Waals surface area contributed by atoms with Crippen molar-refractivity contribution in [3.05, 3.63) is 62.6 Å². The number of alkyl halides is 1. The fourth-order valence-electron chi connectivity index (χ4n) is 2.58. The molecule has 1 atom stereocenters. The van der Waals surface area contributed by atoms with Gasteiger partial charge in [-0.25, -0.2) is 0 Å². The molecule has 0 saturated heterocycles. The van der Waals surface area contributed by atoms with Crippen molar-refractivity contribution in [3.8, 4) is 5.75 Å². The predicted octanol–water partition coefficient (Wildman–Crippen LogP) is 5.56. The van der Waals surface area contributed by atoms with E-state index in [2.05, 4.69) is 0 Å². The zero-order valence-corrected chi connectivity index (χ0v) is 13.2. The lowest BCUT2D eigenvalue weighted by atomic mass is 9.99. The van der Waals surface area contributed by atoms with Crippen molar-refractivity contribution in [2.24, 2.45) is 0 Å². The molecule has 20 heavy (non-hydrogen) atoms. The summed E-state index contributed by atoms with van der Waals surface area (Å²) in [6.45, 7) is 2.68. The van der Waals surface area contributed by atoms with Crippen molar-refractivity contribution in [1.82, 2.24) is 0 Å². The molecule has 0 saturated carbocycles. The monoisotopic (exact) mass is 326 g/mol. The molecular weight excluding hydrogens is 315 g/mol. The predicted molar refractivity (Wildman–Crippen MR) is 84.5 cm³/mol. The lowest BCUT2D eigenvalue weighted by Gasteiger charge is -2.15. The van der Waals surface area contributed by atoms with Gasteiger partial charge in [-0.2, -0.15) is 0 Å². The molecule has 0 radical (unpaired) electrons. The van der Waals surface area contributed by atoms with Crippen molar-refractivity contribution < 1.29 is 4.74 Å². The lowest BCUT2D eigenvalue weighted by molar-refractivity contribution is 0.353. The third-order valence-electron chi connectivity index (χ3n) is 3.41. The molecule has 2 aromatic carbocycles. The molecule has 0 N–H and O–H groups in total. The van der Waals surface area contributed by atoms with E-state index >= 15 is 0 Å². The Morgan fingerprint density at radius 3 is 2.55 bits per heavy atom. The van der Waals surface area contributed by atoms with Crippen LogP contribution in [0.5, 0.6) is 5.75 Å². The molecule has 0 amide bonds. The van der Waals surface area contributed by atoms with Crippen LogP contribution >= 0.6 is 34.8 Å². The van der Waals surface area contributed by atoms with E-state index in [0.29, 0.717) is 16.7 Å². The Labute approximate surface area is 133 Å². The van der Waals surface area contributed by atoms with Crippen LogP contribution in [-0.4, -0.2) is 6.61 Å². The molecule has 104 valence electrons. The van der Waals surface area contributed by atoms with E-state index in [4.69, 9.17) is 39.5 Å². The Morgan fingerprint density at radius 2 is 1.80 bits per heavy atom. The first-order valence-corrected chi connectivity index (χ1v) is 7.60. The zero-order chi connectivity index (χ0) is 14.3. The number of halogens is 3. The Bertz CT molecular complexity index is 647. The van der Waals surface area contributed by atoms with Crippen LogP contribution in [0.1, 0.15) is 27.6 Å². The van der Waals surface area contributed by atoms with E-state index in [1.165, 1.54) is 0 Å². The third-order valence-corrected chi connectivity index (χ3v) is 4.33. The van der Waals surface area contributed by atoms with E-state index in [-0.39, 0.29) is 5.38 Å². The first-order chi connectivity index (χ1) is 9.54. The lowest BCUT2D eigenvalue weighted by Crippen LogP contribution is -1.98. The van der Waals surface area contributed by atoms with Crippen LogP contribution in [0.25, 0.3) is 0 Å². The fraction of sp³-hybridized carbons (Fsp3) is 0.250. The molecule has 1 unspecified atom stereocenters. The van der Waals surface area contributed by atoms with Crippen molar-refractivity contribution >= 4 is 34.8 Å². The highest BCUT2D eigenvalue weighted by molar-refractivity contribution is 6.31. The summed E-state index contributed by atoms with van der Waals surface area (Å²) in [5.74, 6) is 0.868. The highest BCUT2D eigenvalue weighted by atomic mass is 35.5. The number of hydrogen-bond acceptors (Lipinski definition) is 1. The summed E-state index contributed by atoms with van der Waals surface area (Å²) in [4.78, 5) is 0. The second kappa shape index (κ2) is 5.48. The number of ether oxygens (including phenoxy) is 1. The van der Waals surface area contributed by atoms with Crippen molar-refractivity contribution in [2.75, 3.05) is 6.61 Å². The quantitative estimate of drug-likeness (QED) is 0.656. The van der Waals surface area contributed by atoms with Crippen LogP contribution in [0.2, 0.25) is 10.0 Å². The molecule has 3 rings (SSSR count). The Kier molecular flexibility index (Phi) is 3.85. The van der Waals surface area contributed by atoms with E-state index in [1.54, 1.807) is 0 Å². The number of benzene rings is 2. The van der Waals surface area contributed by atoms with Crippen LogP contribution in [0.15, 0.2) is 30.3 Å². The second-order valence-corrected chi connectivity index (χ2v) is 6.32. The average molecular weight is 328 g/mol. The number of fused-ring (bicyclic) bond motifs is 1. The van der Waals surface area contributed by atoms with Gasteiger partial charge in [0.1, 0.15) is 5.75 Å². The zero-order valence-electron chi connectivity index (χ0n) is 10.9. The molecule has 2 aromatic rings. The minimum atomic E-state index is -0.321. The summed E-state index contributed by atoms with van der Waals surface area (Å²) in [6.07, 6.45) is 0.876. The first kappa shape index (κ1) is 14.1. The maximum atomic E-state index is 6.63. The van der Waals surface area contributed by atoms with Crippen LogP contribution in [0.3, 0.4) is 0 Å². The van der Waals surface area contributed by atoms with Crippen molar-refractivity contribution in [1.29, 1.82) is 0 Å². The summed E-state index contributed by atoms with van der Waals surface area (Å²) in [5, 5.41) is 1.05. The molecule has 1 nitrogen and oxygen atoms in total. The molecule has 0 fully saturated rings. The van der Waals surface area contributed by atoms with E-state index in [1.807, 2.05) is 37.3 Å². The Hall–Kier alpha value is -0.890. The van der Waals surface area contributed by atoms with Crippen LogP contribution < -0.4 is 4.74 Å². The highest BCUT2D eigenvalue weighted by Crippen LogP contribution is 2.42. The molecule has 0 aliphatic carbocycles. The molecule has 0 aromatic heterocycles. The van der Waals surface area contributed by atoms with Gasteiger partial charge in [0.05, 0.1) is 12.0 Å². The van der Waals surface area contributed by atoms with Gasteiger partial charge in [-0.3, -0.25) is 0 Å². The van der Waals surface area contributed by atoms with Gasteiger partial charge in [0.25, 0.3) is 0 Å². The molecule has 1 heterocycles. The molecule has 0 spiro atoms. The SMILES string of the molecule is Cc1cc(Cl)cc(C(Cl)c2cc(Cl)cc3c2OCC3)c1. The topological polar surface area (TPSA) is 9.23 Å². The summed E-state index contributed by atoms with van der Waals surface area (Å²) in [5.41, 5.74) is 4.07. The summed E-state index contributed by atoms with van der Waals surface area (Å²) in [7, 11) is 0. The molecule has 1 aliphatic heterocycles. The molecule has 4 heteroatoms. The largest absolute Gasteiger partial charge is 0.493 e. The molecular formula is C16H13Cl3O. The van der Waals surface area contributed by atoms with E-state index in [0.717, 1.165) is 34.4 Å². The van der Waals surface area contributed by atoms with Gasteiger partial charge in [-0.15, -0.1) is 11.6 Å². The minimum Gasteiger partial charge on any atom is -0.493 e. The maximum absolute atomic E-state index is 6.63. The number of hydrogen-bond donors (Lipinski definition) is 0. The number of aryl methyl sites for hydroxylation is 1. The van der Waals surface area contributed by atoms with Crippen LogP contribution in [0, 0.1) is 6.92 Å². The van der Waals surface area contributed by atoms with Gasteiger partial charge >= 0.3 is 0 Å². The van der Waals surface area contributed by atoms with Gasteiger partial charge in [-0.1, -0.05) is 29.3 Å². The van der Waals surface area contributed by atoms with Gasteiger partial charge in [-0.05, 0) is 47.9 Å². The standard InChI is InChI=1S/C16H13Cl3O/c1-9-4-11(7-12(17)5-9)15(19)14-8-13(18)6-10-2-3-20-16(10)14/h4-8,15H,2-3H2,1H3. The fourth-order valence-corrected chi connectivity index (χ4v) is 3.41. The summed E-state index contributed by atoms with van der Waals surface area (Å²) >= 11 is 18.9. The molecule has 0 bridgehead atoms. The average Bonchev–Trinajstić information content (AvgIpc) is 2.83. The first-order valence-electron chi connectivity index (χ1n) is 6.41. The summed E-state index contributed by atoms with van der Waals surface area (Å²) < 4.78 is 5.71. The van der Waals surface area contributed by atoms with Gasteiger partial charge < -0.3 is 4.74 Å². The number of rotatable bonds is 2. The van der Waals surface area contributed by atoms with Gasteiger partial charge in [0.2, 0.25) is 0 Å². The normalized spacial score (nSPS) is 14.8. The maximum Gasteiger partial charge on any atom is 0.127 e. The third kappa shape index (κ3) is 2.63. The second-order valence-electron chi connectivity index (χ2n) is 5.01. The van der Waals surface area contributed by atoms with Gasteiger partial charge in [0, 0.05) is 22.0 Å². The van der Waals surface area contributed by atoms with E-state index < -0.39 is 0 Å². The van der Waals surface area contributed by atoms with Crippen molar-refractivity contribution in [3.63, 3.8) is 0 Å².